The quantitative estimate of drug-likeness (QED) is 0.830. The number of hydrogen-bond acceptors (Lipinski definition) is 4. The monoisotopic (exact) mass is 375 g/mol. The van der Waals surface area contributed by atoms with Crippen molar-refractivity contribution in [3.05, 3.63) is 30.3 Å². The van der Waals surface area contributed by atoms with Gasteiger partial charge in [-0.2, -0.15) is 0 Å². The average molecular weight is 376 g/mol. The Balaban J connectivity index is 1.74. The highest BCUT2D eigenvalue weighted by atomic mass is 16.6. The van der Waals surface area contributed by atoms with Gasteiger partial charge in [-0.05, 0) is 39.8 Å². The molecule has 6 nitrogen and oxygen atoms in total. The topological polar surface area (TPSA) is 61.9 Å². The zero-order chi connectivity index (χ0) is 20.2. The van der Waals surface area contributed by atoms with E-state index >= 15 is 0 Å². The minimum Gasteiger partial charge on any atom is -0.444 e. The Kier molecular flexibility index (Phi) is 6.73. The van der Waals surface area contributed by atoms with Crippen molar-refractivity contribution in [1.29, 1.82) is 0 Å². The van der Waals surface area contributed by atoms with Gasteiger partial charge in [-0.15, -0.1) is 0 Å². The Morgan fingerprint density at radius 3 is 2.37 bits per heavy atom. The number of carbonyl (C=O) groups excluding carboxylic acids is 2. The molecule has 0 unspecified atom stereocenters. The Labute approximate surface area is 162 Å². The number of carbonyl (C=O) groups is 2. The fourth-order valence-corrected chi connectivity index (χ4v) is 2.98. The van der Waals surface area contributed by atoms with E-state index in [1.165, 1.54) is 0 Å². The fraction of sp³-hybridized carbons (Fsp3) is 0.619. The van der Waals surface area contributed by atoms with Crippen LogP contribution >= 0.6 is 0 Å². The molecule has 2 amide bonds. The Hall–Kier alpha value is -2.24. The molecule has 1 aromatic carbocycles. The Morgan fingerprint density at radius 2 is 1.81 bits per heavy atom. The summed E-state index contributed by atoms with van der Waals surface area (Å²) in [6.07, 6.45) is -0.301. The molecule has 150 valence electrons. The van der Waals surface area contributed by atoms with Crippen LogP contribution in [0.15, 0.2) is 30.3 Å². The van der Waals surface area contributed by atoms with E-state index in [2.05, 4.69) is 29.3 Å². The van der Waals surface area contributed by atoms with Crippen molar-refractivity contribution >= 4 is 17.7 Å². The van der Waals surface area contributed by atoms with E-state index in [4.69, 9.17) is 4.74 Å². The number of anilines is 1. The van der Waals surface area contributed by atoms with E-state index in [-0.39, 0.29) is 29.9 Å². The zero-order valence-corrected chi connectivity index (χ0v) is 17.4. The van der Waals surface area contributed by atoms with Crippen LogP contribution in [0.5, 0.6) is 0 Å². The van der Waals surface area contributed by atoms with Gasteiger partial charge in [0.25, 0.3) is 0 Å². The van der Waals surface area contributed by atoms with Crippen molar-refractivity contribution in [2.45, 2.75) is 46.3 Å². The van der Waals surface area contributed by atoms with Gasteiger partial charge in [0.05, 0.1) is 0 Å². The lowest BCUT2D eigenvalue weighted by Crippen LogP contribution is -2.56. The molecule has 1 heterocycles. The fourth-order valence-electron chi connectivity index (χ4n) is 2.98. The number of nitrogens with zero attached hydrogens (tertiary/aromatic N) is 2. The van der Waals surface area contributed by atoms with Crippen LogP contribution in [0.4, 0.5) is 10.5 Å². The minimum atomic E-state index is -0.494. The van der Waals surface area contributed by atoms with Gasteiger partial charge in [0.15, 0.2) is 0 Å². The first-order valence-corrected chi connectivity index (χ1v) is 9.62. The summed E-state index contributed by atoms with van der Waals surface area (Å²) in [6, 6.07) is 10.3. The van der Waals surface area contributed by atoms with Gasteiger partial charge in [0.2, 0.25) is 5.91 Å². The highest BCUT2D eigenvalue weighted by molar-refractivity contribution is 5.79. The molecule has 1 fully saturated rings. The van der Waals surface area contributed by atoms with Crippen LogP contribution in [0.25, 0.3) is 0 Å². The maximum absolute atomic E-state index is 12.5. The maximum Gasteiger partial charge on any atom is 0.410 e. The first-order valence-electron chi connectivity index (χ1n) is 9.62. The number of nitrogens with one attached hydrogen (secondary N) is 1. The van der Waals surface area contributed by atoms with E-state index in [1.807, 2.05) is 52.9 Å². The first-order chi connectivity index (χ1) is 12.6. The molecule has 0 radical (unpaired) electrons. The second kappa shape index (κ2) is 8.63. The van der Waals surface area contributed by atoms with Crippen molar-refractivity contribution in [2.24, 2.45) is 11.8 Å². The third-order valence-electron chi connectivity index (χ3n) is 5.08. The third kappa shape index (κ3) is 5.88. The molecule has 27 heavy (non-hydrogen) atoms. The molecule has 0 aromatic heterocycles. The number of rotatable bonds is 6. The standard InChI is InChI=1S/C21H33N3O3/c1-15(23(6)18-10-8-7-9-11-18)12-22-19(25)16(2)17-13-24(14-17)20(26)27-21(3,4)5/h7-11,15-17H,12-14H2,1-6H3,(H,22,25)/t15-,16+/m0/s1. The van der Waals surface area contributed by atoms with Crippen molar-refractivity contribution in [1.82, 2.24) is 10.2 Å². The number of hydrogen-bond donors (Lipinski definition) is 1. The molecule has 1 aliphatic heterocycles. The third-order valence-corrected chi connectivity index (χ3v) is 5.08. The summed E-state index contributed by atoms with van der Waals surface area (Å²) in [4.78, 5) is 28.3. The van der Waals surface area contributed by atoms with Crippen molar-refractivity contribution in [3.8, 4) is 0 Å². The van der Waals surface area contributed by atoms with Crippen LogP contribution in [0.1, 0.15) is 34.6 Å². The van der Waals surface area contributed by atoms with Crippen LogP contribution in [-0.2, 0) is 9.53 Å². The predicted molar refractivity (Wildman–Crippen MR) is 108 cm³/mol. The van der Waals surface area contributed by atoms with Gasteiger partial charge < -0.3 is 19.9 Å². The minimum absolute atomic E-state index is 0.0390. The lowest BCUT2D eigenvalue weighted by atomic mass is 9.86. The van der Waals surface area contributed by atoms with E-state index in [1.54, 1.807) is 4.90 Å². The lowest BCUT2D eigenvalue weighted by Gasteiger charge is -2.42. The van der Waals surface area contributed by atoms with Gasteiger partial charge in [-0.1, -0.05) is 25.1 Å². The average Bonchev–Trinajstić information content (AvgIpc) is 2.56. The van der Waals surface area contributed by atoms with Crippen LogP contribution in [0.2, 0.25) is 0 Å². The molecule has 6 heteroatoms. The first kappa shape index (κ1) is 21.1. The second-order valence-corrected chi connectivity index (χ2v) is 8.47. The van der Waals surface area contributed by atoms with E-state index in [0.717, 1.165) is 5.69 Å². The van der Waals surface area contributed by atoms with E-state index in [0.29, 0.717) is 19.6 Å². The van der Waals surface area contributed by atoms with Crippen molar-refractivity contribution in [3.63, 3.8) is 0 Å². The highest BCUT2D eigenvalue weighted by Crippen LogP contribution is 2.26. The number of benzene rings is 1. The van der Waals surface area contributed by atoms with Crippen LogP contribution in [-0.4, -0.2) is 55.2 Å². The molecule has 1 N–H and O–H groups in total. The SMILES string of the molecule is C[C@@H](C(=O)NC[C@H](C)N(C)c1ccccc1)C1CN(C(=O)OC(C)(C)C)C1. The van der Waals surface area contributed by atoms with Gasteiger partial charge in [0, 0.05) is 50.2 Å². The molecule has 1 saturated heterocycles. The van der Waals surface area contributed by atoms with Crippen LogP contribution in [0, 0.1) is 11.8 Å². The number of likely N-dealkylation sites (N-methyl/N-ethyl adjacent to an activating group) is 1. The molecule has 2 atom stereocenters. The van der Waals surface area contributed by atoms with E-state index in [9.17, 15) is 9.59 Å². The summed E-state index contributed by atoms with van der Waals surface area (Å²) in [6.45, 7) is 11.3. The molecule has 0 aliphatic carbocycles. The molecular formula is C21H33N3O3. The number of amides is 2. The lowest BCUT2D eigenvalue weighted by molar-refractivity contribution is -0.128. The van der Waals surface area contributed by atoms with Gasteiger partial charge in [0.1, 0.15) is 5.60 Å². The summed E-state index contributed by atoms with van der Waals surface area (Å²) in [7, 11) is 2.03. The summed E-state index contributed by atoms with van der Waals surface area (Å²) in [5.74, 6) is 0.0924. The van der Waals surface area contributed by atoms with Crippen LogP contribution in [0.3, 0.4) is 0 Å². The van der Waals surface area contributed by atoms with Gasteiger partial charge >= 0.3 is 6.09 Å². The Morgan fingerprint density at radius 1 is 1.22 bits per heavy atom. The summed E-state index contributed by atoms with van der Waals surface area (Å²) in [5.41, 5.74) is 0.630. The molecule has 2 rings (SSSR count). The smallest absolute Gasteiger partial charge is 0.410 e. The summed E-state index contributed by atoms with van der Waals surface area (Å²) in [5, 5.41) is 3.05. The van der Waals surface area contributed by atoms with Crippen molar-refractivity contribution < 1.29 is 14.3 Å². The normalized spacial score (nSPS) is 16.9. The van der Waals surface area contributed by atoms with Gasteiger partial charge in [-0.3, -0.25) is 4.79 Å². The Bertz CT molecular complexity index is 636. The molecule has 1 aromatic rings. The summed E-state index contributed by atoms with van der Waals surface area (Å²) >= 11 is 0. The predicted octanol–water partition coefficient (Wildman–Crippen LogP) is 3.13. The number of para-hydroxylation sites is 1. The largest absolute Gasteiger partial charge is 0.444 e. The van der Waals surface area contributed by atoms with Crippen LogP contribution < -0.4 is 10.2 Å². The number of likely N-dealkylation sites (tertiary alicyclic amines) is 1. The molecule has 1 aliphatic rings. The van der Waals surface area contributed by atoms with Crippen molar-refractivity contribution in [2.75, 3.05) is 31.6 Å². The molecule has 0 bridgehead atoms. The molecular weight excluding hydrogens is 342 g/mol. The zero-order valence-electron chi connectivity index (χ0n) is 17.4. The maximum atomic E-state index is 12.5. The number of ether oxygens (including phenoxy) is 1. The van der Waals surface area contributed by atoms with E-state index < -0.39 is 5.60 Å². The highest BCUT2D eigenvalue weighted by Gasteiger charge is 2.38. The second-order valence-electron chi connectivity index (χ2n) is 8.47. The molecule has 0 spiro atoms. The van der Waals surface area contributed by atoms with Gasteiger partial charge in [-0.25, -0.2) is 4.79 Å². The summed E-state index contributed by atoms with van der Waals surface area (Å²) < 4.78 is 5.36. The molecule has 0 saturated carbocycles.